The topological polar surface area (TPSA) is 41.1 Å². The summed E-state index contributed by atoms with van der Waals surface area (Å²) in [6.45, 7) is 0. The van der Waals surface area contributed by atoms with Crippen molar-refractivity contribution in [3.05, 3.63) is 0 Å². The zero-order chi connectivity index (χ0) is 10.1. The minimum Gasteiger partial charge on any atom is -0.329 e. The third-order valence-corrected chi connectivity index (χ3v) is 3.85. The van der Waals surface area contributed by atoms with Crippen molar-refractivity contribution in [1.29, 1.82) is 0 Å². The second kappa shape index (κ2) is 8.29. The van der Waals surface area contributed by atoms with E-state index in [0.717, 1.165) is 23.3 Å². The van der Waals surface area contributed by atoms with Crippen LogP contribution in [-0.4, -0.2) is 29.3 Å². The fourth-order valence-electron chi connectivity index (χ4n) is 1.20. The van der Waals surface area contributed by atoms with E-state index in [1.807, 2.05) is 0 Å². The number of thioether (sulfide) groups is 2. The molecule has 1 rings (SSSR count). The van der Waals surface area contributed by atoms with E-state index >= 15 is 0 Å². The van der Waals surface area contributed by atoms with Crippen molar-refractivity contribution < 1.29 is 4.79 Å². The van der Waals surface area contributed by atoms with Crippen LogP contribution in [0.3, 0.4) is 0 Å². The Labute approximate surface area is 94.2 Å². The van der Waals surface area contributed by atoms with Crippen LogP contribution >= 0.6 is 23.5 Å². The molecule has 82 valence electrons. The number of urea groups is 1. The van der Waals surface area contributed by atoms with E-state index in [-0.39, 0.29) is 6.03 Å². The molecule has 0 radical (unpaired) electrons. The molecule has 2 N–H and O–H groups in total. The zero-order valence-electron chi connectivity index (χ0n) is 8.38. The van der Waals surface area contributed by atoms with Gasteiger partial charge in [-0.2, -0.15) is 0 Å². The summed E-state index contributed by atoms with van der Waals surface area (Å²) in [5, 5.41) is 5.64. The average Bonchev–Trinajstić information content (AvgIpc) is 2.20. The van der Waals surface area contributed by atoms with Crippen LogP contribution in [0.5, 0.6) is 0 Å². The van der Waals surface area contributed by atoms with Gasteiger partial charge in [-0.05, 0) is 24.3 Å². The lowest BCUT2D eigenvalue weighted by molar-refractivity contribution is 0.244. The summed E-state index contributed by atoms with van der Waals surface area (Å²) in [7, 11) is 0. The highest BCUT2D eigenvalue weighted by Gasteiger charge is 2.00. The molecule has 1 heterocycles. The largest absolute Gasteiger partial charge is 0.329 e. The lowest BCUT2D eigenvalue weighted by Gasteiger charge is -2.05. The first kappa shape index (κ1) is 12.0. The number of hydrogen-bond donors (Lipinski definition) is 2. The molecule has 0 saturated carbocycles. The quantitative estimate of drug-likeness (QED) is 0.675. The second-order valence-electron chi connectivity index (χ2n) is 3.20. The van der Waals surface area contributed by atoms with E-state index in [2.05, 4.69) is 10.6 Å². The minimum atomic E-state index is -0.0377. The highest BCUT2D eigenvalue weighted by Crippen LogP contribution is 2.10. The van der Waals surface area contributed by atoms with Crippen LogP contribution in [0.25, 0.3) is 0 Å². The van der Waals surface area contributed by atoms with Crippen LogP contribution in [0.4, 0.5) is 4.79 Å². The number of carbonyl (C=O) groups excluding carboxylic acids is 1. The van der Waals surface area contributed by atoms with Crippen molar-refractivity contribution in [3.63, 3.8) is 0 Å². The van der Waals surface area contributed by atoms with E-state index in [1.165, 1.54) is 25.7 Å². The van der Waals surface area contributed by atoms with Gasteiger partial charge in [0.2, 0.25) is 0 Å². The van der Waals surface area contributed by atoms with Gasteiger partial charge in [0.25, 0.3) is 0 Å². The van der Waals surface area contributed by atoms with Crippen LogP contribution in [0, 0.1) is 0 Å². The van der Waals surface area contributed by atoms with Crippen LogP contribution in [-0.2, 0) is 0 Å². The molecular weight excluding hydrogens is 216 g/mol. The molecule has 0 aromatic heterocycles. The van der Waals surface area contributed by atoms with Crippen molar-refractivity contribution in [2.24, 2.45) is 0 Å². The molecule has 0 aliphatic carbocycles. The van der Waals surface area contributed by atoms with Gasteiger partial charge < -0.3 is 10.6 Å². The number of carbonyl (C=O) groups is 1. The predicted octanol–water partition coefficient (Wildman–Crippen LogP) is 2.24. The van der Waals surface area contributed by atoms with Crippen LogP contribution in [0.1, 0.15) is 25.7 Å². The van der Waals surface area contributed by atoms with E-state index in [1.54, 1.807) is 23.5 Å². The Balaban J connectivity index is 2.15. The van der Waals surface area contributed by atoms with Gasteiger partial charge in [0, 0.05) is 0 Å². The fourth-order valence-corrected chi connectivity index (χ4v) is 2.77. The third kappa shape index (κ3) is 6.43. The smallest absolute Gasteiger partial charge is 0.316 e. The van der Waals surface area contributed by atoms with Crippen molar-refractivity contribution >= 4 is 29.6 Å². The number of amides is 2. The molecule has 0 unspecified atom stereocenters. The van der Waals surface area contributed by atoms with E-state index in [0.29, 0.717) is 0 Å². The summed E-state index contributed by atoms with van der Waals surface area (Å²) in [6, 6.07) is -0.0377. The van der Waals surface area contributed by atoms with Crippen molar-refractivity contribution in [2.45, 2.75) is 25.7 Å². The summed E-state index contributed by atoms with van der Waals surface area (Å²) in [4.78, 5) is 11.1. The summed E-state index contributed by atoms with van der Waals surface area (Å²) in [5.41, 5.74) is 0. The van der Waals surface area contributed by atoms with Crippen LogP contribution < -0.4 is 10.6 Å². The molecule has 5 heteroatoms. The minimum absolute atomic E-state index is 0.0377. The third-order valence-electron chi connectivity index (χ3n) is 2.00. The summed E-state index contributed by atoms with van der Waals surface area (Å²) in [5.74, 6) is 3.79. The lowest BCUT2D eigenvalue weighted by Crippen LogP contribution is -2.35. The van der Waals surface area contributed by atoms with Gasteiger partial charge in [-0.1, -0.05) is 12.8 Å². The Morgan fingerprint density at radius 1 is 0.857 bits per heavy atom. The molecule has 1 fully saturated rings. The van der Waals surface area contributed by atoms with Gasteiger partial charge in [0.05, 0.1) is 11.8 Å². The van der Waals surface area contributed by atoms with Crippen molar-refractivity contribution in [2.75, 3.05) is 23.3 Å². The molecule has 1 aliphatic rings. The normalized spacial score (nSPS) is 22.1. The second-order valence-corrected chi connectivity index (χ2v) is 5.41. The number of hydrogen-bond acceptors (Lipinski definition) is 3. The van der Waals surface area contributed by atoms with Gasteiger partial charge in [-0.3, -0.25) is 0 Å². The summed E-state index contributed by atoms with van der Waals surface area (Å²) < 4.78 is 0. The molecule has 1 aliphatic heterocycles. The zero-order valence-corrected chi connectivity index (χ0v) is 10.0. The lowest BCUT2D eigenvalue weighted by atomic mass is 10.2. The van der Waals surface area contributed by atoms with Gasteiger partial charge in [0.1, 0.15) is 0 Å². The Morgan fingerprint density at radius 2 is 1.36 bits per heavy atom. The number of nitrogens with one attached hydrogen (secondary N) is 2. The summed E-state index contributed by atoms with van der Waals surface area (Å²) in [6.07, 6.45) is 5.21. The maximum absolute atomic E-state index is 11.1. The SMILES string of the molecule is O=C1NCSCCCCCCSCN1. The van der Waals surface area contributed by atoms with Gasteiger partial charge in [-0.25, -0.2) is 4.79 Å². The molecule has 0 aromatic carbocycles. The first-order valence-electron chi connectivity index (χ1n) is 5.07. The monoisotopic (exact) mass is 234 g/mol. The Bertz CT molecular complexity index is 151. The highest BCUT2D eigenvalue weighted by molar-refractivity contribution is 7.99. The molecule has 1 saturated heterocycles. The molecule has 0 spiro atoms. The fraction of sp³-hybridized carbons (Fsp3) is 0.889. The Hall–Kier alpha value is -0.0300. The van der Waals surface area contributed by atoms with Crippen molar-refractivity contribution in [3.8, 4) is 0 Å². The van der Waals surface area contributed by atoms with E-state index in [9.17, 15) is 4.79 Å². The summed E-state index contributed by atoms with van der Waals surface area (Å²) >= 11 is 3.60. The first-order chi connectivity index (χ1) is 6.89. The highest BCUT2D eigenvalue weighted by atomic mass is 32.2. The van der Waals surface area contributed by atoms with Gasteiger partial charge >= 0.3 is 6.03 Å². The average molecular weight is 234 g/mol. The predicted molar refractivity (Wildman–Crippen MR) is 64.8 cm³/mol. The van der Waals surface area contributed by atoms with Gasteiger partial charge in [0.15, 0.2) is 0 Å². The molecule has 14 heavy (non-hydrogen) atoms. The standard InChI is InChI=1S/C9H18N2OS2/c12-9-10-7-13-5-3-1-2-4-6-14-8-11-9/h1-8H2,(H2,10,11,12). The first-order valence-corrected chi connectivity index (χ1v) is 7.38. The maximum Gasteiger partial charge on any atom is 0.316 e. The van der Waals surface area contributed by atoms with Crippen LogP contribution in [0.15, 0.2) is 0 Å². The Kier molecular flexibility index (Phi) is 7.13. The molecule has 2 amide bonds. The molecule has 0 atom stereocenters. The maximum atomic E-state index is 11.1. The molecule has 3 nitrogen and oxygen atoms in total. The van der Waals surface area contributed by atoms with E-state index < -0.39 is 0 Å². The Morgan fingerprint density at radius 3 is 1.86 bits per heavy atom. The van der Waals surface area contributed by atoms with Gasteiger partial charge in [-0.15, -0.1) is 23.5 Å². The molecule has 0 aromatic rings. The van der Waals surface area contributed by atoms with E-state index in [4.69, 9.17) is 0 Å². The van der Waals surface area contributed by atoms with Crippen LogP contribution in [0.2, 0.25) is 0 Å². The number of rotatable bonds is 0. The van der Waals surface area contributed by atoms with Crippen molar-refractivity contribution in [1.82, 2.24) is 10.6 Å². The molecular formula is C9H18N2OS2. The molecule has 0 bridgehead atoms.